The highest BCUT2D eigenvalue weighted by Gasteiger charge is 2.10. The van der Waals surface area contributed by atoms with Gasteiger partial charge in [-0.05, 0) is 18.6 Å². The van der Waals surface area contributed by atoms with E-state index in [9.17, 15) is 0 Å². The summed E-state index contributed by atoms with van der Waals surface area (Å²) in [5.41, 5.74) is 1.26. The molecule has 0 amide bonds. The molecule has 0 aliphatic rings. The van der Waals surface area contributed by atoms with Gasteiger partial charge in [0.2, 0.25) is 0 Å². The molecule has 0 N–H and O–H groups in total. The van der Waals surface area contributed by atoms with Crippen LogP contribution in [-0.4, -0.2) is 13.1 Å². The van der Waals surface area contributed by atoms with Crippen molar-refractivity contribution in [3.63, 3.8) is 0 Å². The van der Waals surface area contributed by atoms with Crippen LogP contribution in [0.25, 0.3) is 0 Å². The van der Waals surface area contributed by atoms with Gasteiger partial charge in [-0.2, -0.15) is 0 Å². The average molecular weight is 203 g/mol. The lowest BCUT2D eigenvalue weighted by molar-refractivity contribution is 0.628. The lowest BCUT2D eigenvalue weighted by Crippen LogP contribution is -2.29. The van der Waals surface area contributed by atoms with Gasteiger partial charge in [-0.25, -0.2) is 0 Å². The van der Waals surface area contributed by atoms with Crippen LogP contribution < -0.4 is 4.90 Å². The van der Waals surface area contributed by atoms with Crippen LogP contribution >= 0.6 is 0 Å². The van der Waals surface area contributed by atoms with E-state index in [4.69, 9.17) is 0 Å². The second-order valence-corrected chi connectivity index (χ2v) is 3.89. The summed E-state index contributed by atoms with van der Waals surface area (Å²) in [6, 6.07) is 10.9. The third-order valence-electron chi connectivity index (χ3n) is 2.79. The van der Waals surface area contributed by atoms with E-state index in [-0.39, 0.29) is 0 Å². The number of rotatable bonds is 6. The third kappa shape index (κ3) is 3.43. The summed E-state index contributed by atoms with van der Waals surface area (Å²) in [6.45, 7) is 6.14. The molecule has 0 aliphatic heterocycles. The first-order valence-corrected chi connectivity index (χ1v) is 5.70. The Bertz CT molecular complexity index is 279. The number of likely N-dealkylation sites (N-methyl/N-ethyl adjacent to an activating group) is 1. The molecule has 0 heterocycles. The Kier molecular flexibility index (Phi) is 4.96. The molecule has 0 saturated heterocycles. The average Bonchev–Trinajstić information content (AvgIpc) is 2.31. The van der Waals surface area contributed by atoms with Gasteiger partial charge in [0.15, 0.2) is 0 Å². The summed E-state index contributed by atoms with van der Waals surface area (Å²) in [5, 5.41) is 0. The van der Waals surface area contributed by atoms with Crippen LogP contribution in [0, 0.1) is 0 Å². The first kappa shape index (κ1) is 11.8. The molecule has 0 spiro atoms. The van der Waals surface area contributed by atoms with Crippen molar-refractivity contribution in [2.24, 2.45) is 0 Å². The predicted molar refractivity (Wildman–Crippen MR) is 68.4 cm³/mol. The molecule has 1 heteroatoms. The Morgan fingerprint density at radius 1 is 1.33 bits per heavy atom. The monoisotopic (exact) mass is 203 g/mol. The van der Waals surface area contributed by atoms with Crippen molar-refractivity contribution < 1.29 is 0 Å². The number of nitrogens with zero attached hydrogens (tertiary/aromatic N) is 1. The summed E-state index contributed by atoms with van der Waals surface area (Å²) < 4.78 is 0. The molecule has 0 radical (unpaired) electrons. The maximum absolute atomic E-state index is 3.92. The van der Waals surface area contributed by atoms with Gasteiger partial charge in [-0.15, -0.1) is 6.58 Å². The van der Waals surface area contributed by atoms with E-state index in [1.165, 1.54) is 24.9 Å². The van der Waals surface area contributed by atoms with Crippen molar-refractivity contribution in [3.8, 4) is 0 Å². The topological polar surface area (TPSA) is 3.24 Å². The molecule has 1 aromatic carbocycles. The number of hydrogen-bond donors (Lipinski definition) is 0. The highest BCUT2D eigenvalue weighted by atomic mass is 15.1. The van der Waals surface area contributed by atoms with Gasteiger partial charge in [0, 0.05) is 18.8 Å². The van der Waals surface area contributed by atoms with Crippen LogP contribution in [-0.2, 0) is 0 Å². The van der Waals surface area contributed by atoms with Gasteiger partial charge in [0.25, 0.3) is 0 Å². The highest BCUT2D eigenvalue weighted by Crippen LogP contribution is 2.17. The van der Waals surface area contributed by atoms with E-state index in [1.54, 1.807) is 0 Å². The van der Waals surface area contributed by atoms with Crippen molar-refractivity contribution in [1.29, 1.82) is 0 Å². The summed E-state index contributed by atoms with van der Waals surface area (Å²) in [6.07, 6.45) is 5.73. The van der Waals surface area contributed by atoms with Crippen molar-refractivity contribution >= 4 is 5.69 Å². The Hall–Kier alpha value is -1.24. The molecule has 1 rings (SSSR count). The Balaban J connectivity index is 2.64. The van der Waals surface area contributed by atoms with Gasteiger partial charge in [-0.1, -0.05) is 44.0 Å². The minimum Gasteiger partial charge on any atom is -0.368 e. The van der Waals surface area contributed by atoms with E-state index in [1.807, 2.05) is 12.1 Å². The molecule has 15 heavy (non-hydrogen) atoms. The second kappa shape index (κ2) is 6.28. The number of anilines is 1. The van der Waals surface area contributed by atoms with E-state index in [0.717, 1.165) is 0 Å². The molecular formula is C14H21N. The molecular weight excluding hydrogens is 182 g/mol. The minimum atomic E-state index is 0.451. The molecule has 0 aromatic heterocycles. The Labute approximate surface area is 93.4 Å². The van der Waals surface area contributed by atoms with E-state index in [0.29, 0.717) is 6.04 Å². The summed E-state index contributed by atoms with van der Waals surface area (Å²) >= 11 is 0. The molecule has 82 valence electrons. The maximum Gasteiger partial charge on any atom is 0.0467 e. The number of para-hydroxylation sites is 1. The third-order valence-corrected chi connectivity index (χ3v) is 2.79. The number of unbranched alkanes of at least 4 members (excludes halogenated alkanes) is 1. The van der Waals surface area contributed by atoms with Crippen LogP contribution in [0.1, 0.15) is 26.2 Å². The lowest BCUT2D eigenvalue weighted by atomic mass is 10.1. The summed E-state index contributed by atoms with van der Waals surface area (Å²) in [4.78, 5) is 2.29. The molecule has 0 fully saturated rings. The van der Waals surface area contributed by atoms with E-state index >= 15 is 0 Å². The smallest absolute Gasteiger partial charge is 0.0467 e. The summed E-state index contributed by atoms with van der Waals surface area (Å²) in [7, 11) is 2.14. The minimum absolute atomic E-state index is 0.451. The molecule has 1 atom stereocenters. The van der Waals surface area contributed by atoms with Crippen molar-refractivity contribution in [3.05, 3.63) is 43.0 Å². The standard InChI is InChI=1S/C14H21N/c1-4-6-10-13(5-2)15(3)14-11-8-7-9-12-14/h5,7-9,11-13H,2,4,6,10H2,1,3H3. The first-order chi connectivity index (χ1) is 7.29. The summed E-state index contributed by atoms with van der Waals surface area (Å²) in [5.74, 6) is 0. The number of benzene rings is 1. The highest BCUT2D eigenvalue weighted by molar-refractivity contribution is 5.46. The van der Waals surface area contributed by atoms with Crippen LogP contribution in [0.3, 0.4) is 0 Å². The number of hydrogen-bond acceptors (Lipinski definition) is 1. The van der Waals surface area contributed by atoms with E-state index in [2.05, 4.69) is 49.7 Å². The second-order valence-electron chi connectivity index (χ2n) is 3.89. The SMILES string of the molecule is C=CC(CCCC)N(C)c1ccccc1. The van der Waals surface area contributed by atoms with Gasteiger partial charge < -0.3 is 4.90 Å². The fourth-order valence-corrected chi connectivity index (χ4v) is 1.74. The zero-order valence-electron chi connectivity index (χ0n) is 9.82. The van der Waals surface area contributed by atoms with Crippen molar-refractivity contribution in [1.82, 2.24) is 0 Å². The molecule has 1 nitrogen and oxygen atoms in total. The zero-order chi connectivity index (χ0) is 11.1. The molecule has 0 aliphatic carbocycles. The van der Waals surface area contributed by atoms with Gasteiger partial charge in [0.1, 0.15) is 0 Å². The Morgan fingerprint density at radius 3 is 2.53 bits per heavy atom. The van der Waals surface area contributed by atoms with Crippen LogP contribution in [0.15, 0.2) is 43.0 Å². The fraction of sp³-hybridized carbons (Fsp3) is 0.429. The van der Waals surface area contributed by atoms with Gasteiger partial charge >= 0.3 is 0 Å². The van der Waals surface area contributed by atoms with Gasteiger partial charge in [0.05, 0.1) is 0 Å². The quantitative estimate of drug-likeness (QED) is 0.634. The largest absolute Gasteiger partial charge is 0.368 e. The van der Waals surface area contributed by atoms with Crippen molar-refractivity contribution in [2.75, 3.05) is 11.9 Å². The zero-order valence-corrected chi connectivity index (χ0v) is 9.82. The predicted octanol–water partition coefficient (Wildman–Crippen LogP) is 3.87. The molecule has 0 bridgehead atoms. The first-order valence-electron chi connectivity index (χ1n) is 5.70. The van der Waals surface area contributed by atoms with Crippen LogP contribution in [0.2, 0.25) is 0 Å². The molecule has 1 aromatic rings. The molecule has 1 unspecified atom stereocenters. The Morgan fingerprint density at radius 2 is 2.00 bits per heavy atom. The fourth-order valence-electron chi connectivity index (χ4n) is 1.74. The van der Waals surface area contributed by atoms with Crippen molar-refractivity contribution in [2.45, 2.75) is 32.2 Å². The molecule has 0 saturated carbocycles. The van der Waals surface area contributed by atoms with Crippen LogP contribution in [0.5, 0.6) is 0 Å². The lowest BCUT2D eigenvalue weighted by Gasteiger charge is -2.27. The normalized spacial score (nSPS) is 12.1. The van der Waals surface area contributed by atoms with Crippen LogP contribution in [0.4, 0.5) is 5.69 Å². The van der Waals surface area contributed by atoms with Gasteiger partial charge in [-0.3, -0.25) is 0 Å². The maximum atomic E-state index is 3.92. The van der Waals surface area contributed by atoms with E-state index < -0.39 is 0 Å².